The van der Waals surface area contributed by atoms with Crippen LogP contribution in [0.2, 0.25) is 5.02 Å². The van der Waals surface area contributed by atoms with Crippen molar-refractivity contribution >= 4 is 11.6 Å². The van der Waals surface area contributed by atoms with Crippen molar-refractivity contribution in [2.45, 2.75) is 25.7 Å². The van der Waals surface area contributed by atoms with E-state index < -0.39 is 0 Å². The second kappa shape index (κ2) is 7.19. The highest BCUT2D eigenvalue weighted by atomic mass is 35.5. The maximum absolute atomic E-state index is 5.90. The van der Waals surface area contributed by atoms with Gasteiger partial charge in [0.2, 0.25) is 11.7 Å². The predicted molar refractivity (Wildman–Crippen MR) is 88.4 cm³/mol. The van der Waals surface area contributed by atoms with E-state index >= 15 is 0 Å². The molecule has 2 fully saturated rings. The first-order chi connectivity index (χ1) is 11.8. The fraction of sp³-hybridized carbons (Fsp3) is 0.529. The molecular weight excluding hydrogens is 330 g/mol. The van der Waals surface area contributed by atoms with Gasteiger partial charge in [-0.05, 0) is 50.2 Å². The van der Waals surface area contributed by atoms with Crippen molar-refractivity contribution in [3.8, 4) is 11.4 Å². The van der Waals surface area contributed by atoms with Gasteiger partial charge in [0.1, 0.15) is 0 Å². The minimum atomic E-state index is -0.00735. The molecule has 1 aromatic carbocycles. The lowest BCUT2D eigenvalue weighted by molar-refractivity contribution is -0.0981. The number of ether oxygens (including phenoxy) is 2. The van der Waals surface area contributed by atoms with Gasteiger partial charge in [0.25, 0.3) is 0 Å². The van der Waals surface area contributed by atoms with Crippen molar-refractivity contribution in [1.82, 2.24) is 15.0 Å². The van der Waals surface area contributed by atoms with Gasteiger partial charge in [-0.1, -0.05) is 16.8 Å². The summed E-state index contributed by atoms with van der Waals surface area (Å²) in [6.45, 7) is 4.11. The Morgan fingerprint density at radius 1 is 1.08 bits per heavy atom. The van der Waals surface area contributed by atoms with Crippen LogP contribution >= 0.6 is 11.6 Å². The highest BCUT2D eigenvalue weighted by molar-refractivity contribution is 6.30. The van der Waals surface area contributed by atoms with Crippen molar-refractivity contribution < 1.29 is 14.0 Å². The minimum absolute atomic E-state index is 0.00735. The molecule has 2 saturated heterocycles. The minimum Gasteiger partial charge on any atom is -0.350 e. The van der Waals surface area contributed by atoms with Gasteiger partial charge in [-0.15, -0.1) is 0 Å². The van der Waals surface area contributed by atoms with Crippen LogP contribution in [0.5, 0.6) is 0 Å². The molecule has 0 bridgehead atoms. The third-order valence-electron chi connectivity index (χ3n) is 4.59. The van der Waals surface area contributed by atoms with Crippen molar-refractivity contribution in [1.29, 1.82) is 0 Å². The van der Waals surface area contributed by atoms with Crippen LogP contribution in [0.25, 0.3) is 11.4 Å². The molecule has 0 spiro atoms. The summed E-state index contributed by atoms with van der Waals surface area (Å²) in [4.78, 5) is 6.83. The molecule has 2 aliphatic heterocycles. The van der Waals surface area contributed by atoms with Gasteiger partial charge in [-0.25, -0.2) is 0 Å². The van der Waals surface area contributed by atoms with Gasteiger partial charge < -0.3 is 14.0 Å². The lowest BCUT2D eigenvalue weighted by Crippen LogP contribution is -2.37. The number of hydrogen-bond donors (Lipinski definition) is 0. The summed E-state index contributed by atoms with van der Waals surface area (Å²) in [5, 5.41) is 4.76. The first-order valence-electron chi connectivity index (χ1n) is 8.32. The molecule has 1 aromatic heterocycles. The summed E-state index contributed by atoms with van der Waals surface area (Å²) in [7, 11) is 0. The van der Waals surface area contributed by atoms with Crippen molar-refractivity contribution in [3.63, 3.8) is 0 Å². The Labute approximate surface area is 145 Å². The molecule has 0 N–H and O–H groups in total. The molecule has 24 heavy (non-hydrogen) atoms. The standard InChI is InChI=1S/C17H20ClN3O3/c18-14-3-1-12(2-4-14)16-19-15(24-20-16)11-21-7-5-13(6-8-21)17-22-9-10-23-17/h1-4,13,17H,5-11H2. The van der Waals surface area contributed by atoms with E-state index in [1.807, 2.05) is 24.3 Å². The Morgan fingerprint density at radius 3 is 2.50 bits per heavy atom. The maximum Gasteiger partial charge on any atom is 0.241 e. The largest absolute Gasteiger partial charge is 0.350 e. The van der Waals surface area contributed by atoms with Crippen LogP contribution in [0.3, 0.4) is 0 Å². The number of aromatic nitrogens is 2. The third-order valence-corrected chi connectivity index (χ3v) is 4.85. The molecule has 7 heteroatoms. The zero-order valence-corrected chi connectivity index (χ0v) is 14.1. The van der Waals surface area contributed by atoms with Gasteiger partial charge in [0.15, 0.2) is 6.29 Å². The molecule has 0 amide bonds. The molecule has 2 aliphatic rings. The molecule has 0 saturated carbocycles. The fourth-order valence-corrected chi connectivity index (χ4v) is 3.38. The van der Waals surface area contributed by atoms with Crippen molar-refractivity contribution in [2.75, 3.05) is 26.3 Å². The number of nitrogens with zero attached hydrogens (tertiary/aromatic N) is 3. The van der Waals surface area contributed by atoms with Crippen LogP contribution in [-0.2, 0) is 16.0 Å². The molecule has 3 heterocycles. The Morgan fingerprint density at radius 2 is 1.79 bits per heavy atom. The summed E-state index contributed by atoms with van der Waals surface area (Å²) < 4.78 is 16.6. The first kappa shape index (κ1) is 16.0. The highest BCUT2D eigenvalue weighted by Gasteiger charge is 2.30. The molecular formula is C17H20ClN3O3. The molecule has 0 radical (unpaired) electrons. The average molecular weight is 350 g/mol. The summed E-state index contributed by atoms with van der Waals surface area (Å²) in [5.74, 6) is 1.74. The molecule has 0 atom stereocenters. The fourth-order valence-electron chi connectivity index (χ4n) is 3.26. The summed E-state index contributed by atoms with van der Waals surface area (Å²) in [6, 6.07) is 7.43. The van der Waals surface area contributed by atoms with Crippen LogP contribution in [0.15, 0.2) is 28.8 Å². The smallest absolute Gasteiger partial charge is 0.241 e. The Balaban J connectivity index is 1.32. The van der Waals surface area contributed by atoms with Crippen LogP contribution in [-0.4, -0.2) is 47.6 Å². The number of halogens is 1. The lowest BCUT2D eigenvalue weighted by atomic mass is 9.96. The topological polar surface area (TPSA) is 60.6 Å². The monoisotopic (exact) mass is 349 g/mol. The van der Waals surface area contributed by atoms with E-state index in [-0.39, 0.29) is 6.29 Å². The average Bonchev–Trinajstić information content (AvgIpc) is 3.28. The predicted octanol–water partition coefficient (Wildman–Crippen LogP) is 2.97. The van der Waals surface area contributed by atoms with Gasteiger partial charge in [-0.2, -0.15) is 4.98 Å². The van der Waals surface area contributed by atoms with E-state index in [1.54, 1.807) is 0 Å². The lowest BCUT2D eigenvalue weighted by Gasteiger charge is -2.32. The molecule has 6 nitrogen and oxygen atoms in total. The van der Waals surface area contributed by atoms with Crippen LogP contribution < -0.4 is 0 Å². The zero-order valence-electron chi connectivity index (χ0n) is 13.4. The summed E-state index contributed by atoms with van der Waals surface area (Å²) >= 11 is 5.90. The molecule has 0 aliphatic carbocycles. The Hall–Kier alpha value is -1.47. The quantitative estimate of drug-likeness (QED) is 0.845. The third kappa shape index (κ3) is 3.62. The van der Waals surface area contributed by atoms with Crippen LogP contribution in [0.1, 0.15) is 18.7 Å². The van der Waals surface area contributed by atoms with Crippen molar-refractivity contribution in [2.24, 2.45) is 5.92 Å². The maximum atomic E-state index is 5.90. The van der Waals surface area contributed by atoms with Crippen LogP contribution in [0.4, 0.5) is 0 Å². The van der Waals surface area contributed by atoms with Crippen LogP contribution in [0, 0.1) is 5.92 Å². The normalized spacial score (nSPS) is 20.7. The van der Waals surface area contributed by atoms with Gasteiger partial charge in [0.05, 0.1) is 19.8 Å². The number of benzene rings is 1. The SMILES string of the molecule is Clc1ccc(-c2noc(CN3CCC(C4OCCO4)CC3)n2)cc1. The number of piperidine rings is 1. The van der Waals surface area contributed by atoms with Gasteiger partial charge in [-0.3, -0.25) is 4.90 Å². The summed E-state index contributed by atoms with van der Waals surface area (Å²) in [5.41, 5.74) is 0.906. The Kier molecular flexibility index (Phi) is 4.80. The van der Waals surface area contributed by atoms with E-state index in [2.05, 4.69) is 15.0 Å². The second-order valence-corrected chi connectivity index (χ2v) is 6.68. The zero-order chi connectivity index (χ0) is 16.4. The number of rotatable bonds is 4. The van der Waals surface area contributed by atoms with E-state index in [1.165, 1.54) is 0 Å². The molecule has 2 aromatic rings. The number of hydrogen-bond acceptors (Lipinski definition) is 6. The van der Waals surface area contributed by atoms with Gasteiger partial charge in [0, 0.05) is 16.5 Å². The van der Waals surface area contributed by atoms with Gasteiger partial charge >= 0.3 is 0 Å². The highest BCUT2D eigenvalue weighted by Crippen LogP contribution is 2.26. The van der Waals surface area contributed by atoms with E-state index in [4.69, 9.17) is 25.6 Å². The molecule has 4 rings (SSSR count). The van der Waals surface area contributed by atoms with E-state index in [0.717, 1.165) is 44.7 Å². The number of likely N-dealkylation sites (tertiary alicyclic amines) is 1. The van der Waals surface area contributed by atoms with E-state index in [0.29, 0.717) is 29.2 Å². The molecule has 128 valence electrons. The second-order valence-electron chi connectivity index (χ2n) is 6.24. The van der Waals surface area contributed by atoms with Crippen molar-refractivity contribution in [3.05, 3.63) is 35.2 Å². The summed E-state index contributed by atoms with van der Waals surface area (Å²) in [6.07, 6.45) is 2.14. The molecule has 0 unspecified atom stereocenters. The first-order valence-corrected chi connectivity index (χ1v) is 8.70. The Bertz CT molecular complexity index is 662. The van der Waals surface area contributed by atoms with E-state index in [9.17, 15) is 0 Å².